The maximum Gasteiger partial charge on any atom is 0.227 e. The number of hydrogen-bond acceptors (Lipinski definition) is 4. The van der Waals surface area contributed by atoms with Gasteiger partial charge in [0.1, 0.15) is 12.2 Å². The van der Waals surface area contributed by atoms with Gasteiger partial charge < -0.3 is 20.5 Å². The fourth-order valence-electron chi connectivity index (χ4n) is 3.90. The van der Waals surface area contributed by atoms with Crippen molar-refractivity contribution in [2.75, 3.05) is 18.4 Å². The van der Waals surface area contributed by atoms with Gasteiger partial charge in [0.15, 0.2) is 5.96 Å². The third-order valence-electron chi connectivity index (χ3n) is 5.59. The molecule has 8 nitrogen and oxygen atoms in total. The van der Waals surface area contributed by atoms with Gasteiger partial charge in [-0.15, -0.1) is 34.2 Å². The standard InChI is InChI=1S/C23H35N7O.HI/c1-3-21-29-27-17-30(21)14-13-25-23(24-4-2)26-16-18-9-8-12-20(15-18)28-22(31)19-10-6-5-7-11-19;/h8-9,12,15,17,19H,3-7,10-11,13-14,16H2,1-2H3,(H,28,31)(H2,24,25,26);1H. The minimum absolute atomic E-state index is 0. The molecule has 0 saturated heterocycles. The molecule has 176 valence electrons. The summed E-state index contributed by atoms with van der Waals surface area (Å²) in [6.07, 6.45) is 8.19. The molecule has 1 heterocycles. The second-order valence-electron chi connectivity index (χ2n) is 7.94. The Morgan fingerprint density at radius 2 is 2.00 bits per heavy atom. The second-order valence-corrected chi connectivity index (χ2v) is 7.94. The van der Waals surface area contributed by atoms with Crippen LogP contribution >= 0.6 is 24.0 Å². The Kier molecular flexibility index (Phi) is 11.5. The van der Waals surface area contributed by atoms with Crippen LogP contribution in [0.5, 0.6) is 0 Å². The zero-order valence-electron chi connectivity index (χ0n) is 19.1. The van der Waals surface area contributed by atoms with Gasteiger partial charge in [0, 0.05) is 37.7 Å². The number of hydrogen-bond donors (Lipinski definition) is 3. The van der Waals surface area contributed by atoms with Gasteiger partial charge in [-0.25, -0.2) is 4.99 Å². The molecule has 1 fully saturated rings. The van der Waals surface area contributed by atoms with E-state index in [1.54, 1.807) is 6.33 Å². The van der Waals surface area contributed by atoms with Crippen LogP contribution in [0.4, 0.5) is 5.69 Å². The summed E-state index contributed by atoms with van der Waals surface area (Å²) in [5.74, 6) is 2.05. The lowest BCUT2D eigenvalue weighted by molar-refractivity contribution is -0.120. The van der Waals surface area contributed by atoms with E-state index in [1.165, 1.54) is 6.42 Å². The molecule has 0 radical (unpaired) electrons. The average Bonchev–Trinajstić information content (AvgIpc) is 3.26. The van der Waals surface area contributed by atoms with Crippen LogP contribution in [0, 0.1) is 5.92 Å². The molecule has 3 N–H and O–H groups in total. The average molecular weight is 553 g/mol. The predicted octanol–water partition coefficient (Wildman–Crippen LogP) is 3.73. The summed E-state index contributed by atoms with van der Waals surface area (Å²) in [4.78, 5) is 17.2. The molecular weight excluding hydrogens is 517 g/mol. The molecule has 1 saturated carbocycles. The number of aromatic nitrogens is 3. The van der Waals surface area contributed by atoms with Crippen molar-refractivity contribution in [2.45, 2.75) is 65.5 Å². The monoisotopic (exact) mass is 553 g/mol. The lowest BCUT2D eigenvalue weighted by Crippen LogP contribution is -2.38. The van der Waals surface area contributed by atoms with Crippen LogP contribution in [0.2, 0.25) is 0 Å². The number of nitrogens with one attached hydrogen (secondary N) is 3. The van der Waals surface area contributed by atoms with Gasteiger partial charge in [0.25, 0.3) is 0 Å². The van der Waals surface area contributed by atoms with E-state index in [0.717, 1.165) is 74.8 Å². The first kappa shape index (κ1) is 26.1. The molecule has 3 rings (SSSR count). The topological polar surface area (TPSA) is 96.2 Å². The highest BCUT2D eigenvalue weighted by atomic mass is 127. The Bertz CT molecular complexity index is 862. The fraction of sp³-hybridized carbons (Fsp3) is 0.565. The van der Waals surface area contributed by atoms with Crippen molar-refractivity contribution >= 4 is 41.5 Å². The molecule has 32 heavy (non-hydrogen) atoms. The van der Waals surface area contributed by atoms with E-state index in [9.17, 15) is 4.79 Å². The number of benzene rings is 1. The number of halogens is 1. The summed E-state index contributed by atoms with van der Waals surface area (Å²) in [7, 11) is 0. The highest BCUT2D eigenvalue weighted by Gasteiger charge is 2.21. The largest absolute Gasteiger partial charge is 0.357 e. The number of aryl methyl sites for hydroxylation is 1. The number of carbonyl (C=O) groups is 1. The van der Waals surface area contributed by atoms with Crippen LogP contribution in [-0.4, -0.2) is 39.7 Å². The van der Waals surface area contributed by atoms with E-state index in [0.29, 0.717) is 6.54 Å². The maximum absolute atomic E-state index is 12.5. The van der Waals surface area contributed by atoms with Crippen molar-refractivity contribution in [3.8, 4) is 0 Å². The Morgan fingerprint density at radius 1 is 1.19 bits per heavy atom. The summed E-state index contributed by atoms with van der Waals surface area (Å²) in [6, 6.07) is 7.97. The highest BCUT2D eigenvalue weighted by Crippen LogP contribution is 2.25. The number of amides is 1. The zero-order valence-corrected chi connectivity index (χ0v) is 21.5. The quantitative estimate of drug-likeness (QED) is 0.250. The summed E-state index contributed by atoms with van der Waals surface area (Å²) in [5.41, 5.74) is 1.91. The molecule has 0 spiro atoms. The molecule has 1 aromatic carbocycles. The van der Waals surface area contributed by atoms with Crippen LogP contribution in [0.25, 0.3) is 0 Å². The number of carbonyl (C=O) groups excluding carboxylic acids is 1. The van der Waals surface area contributed by atoms with Crippen molar-refractivity contribution in [1.82, 2.24) is 25.4 Å². The van der Waals surface area contributed by atoms with Crippen molar-refractivity contribution < 1.29 is 4.79 Å². The zero-order chi connectivity index (χ0) is 21.9. The van der Waals surface area contributed by atoms with Crippen molar-refractivity contribution in [3.63, 3.8) is 0 Å². The van der Waals surface area contributed by atoms with Gasteiger partial charge in [-0.2, -0.15) is 0 Å². The molecule has 0 atom stereocenters. The number of aliphatic imine (C=N–C) groups is 1. The van der Waals surface area contributed by atoms with E-state index in [4.69, 9.17) is 4.99 Å². The molecule has 1 aliphatic carbocycles. The first-order valence-corrected chi connectivity index (χ1v) is 11.5. The Morgan fingerprint density at radius 3 is 2.75 bits per heavy atom. The lowest BCUT2D eigenvalue weighted by Gasteiger charge is -2.20. The van der Waals surface area contributed by atoms with Gasteiger partial charge in [-0.05, 0) is 37.5 Å². The van der Waals surface area contributed by atoms with E-state index >= 15 is 0 Å². The van der Waals surface area contributed by atoms with Crippen LogP contribution in [0.15, 0.2) is 35.6 Å². The normalized spacial score (nSPS) is 14.5. The van der Waals surface area contributed by atoms with E-state index < -0.39 is 0 Å². The smallest absolute Gasteiger partial charge is 0.227 e. The number of nitrogens with zero attached hydrogens (tertiary/aromatic N) is 4. The molecule has 1 aromatic heterocycles. The van der Waals surface area contributed by atoms with Gasteiger partial charge in [-0.3, -0.25) is 4.79 Å². The summed E-state index contributed by atoms with van der Waals surface area (Å²) in [6.45, 7) is 6.96. The van der Waals surface area contributed by atoms with E-state index in [2.05, 4.69) is 37.6 Å². The lowest BCUT2D eigenvalue weighted by atomic mass is 9.88. The Balaban J connectivity index is 0.00000363. The van der Waals surface area contributed by atoms with Gasteiger partial charge in [-0.1, -0.05) is 38.3 Å². The summed E-state index contributed by atoms with van der Waals surface area (Å²) in [5, 5.41) is 17.8. The van der Waals surface area contributed by atoms with Gasteiger partial charge in [0.05, 0.1) is 6.54 Å². The third-order valence-corrected chi connectivity index (χ3v) is 5.59. The molecule has 0 bridgehead atoms. The van der Waals surface area contributed by atoms with Crippen molar-refractivity contribution in [3.05, 3.63) is 42.0 Å². The minimum atomic E-state index is 0. The molecule has 9 heteroatoms. The van der Waals surface area contributed by atoms with Gasteiger partial charge in [0.2, 0.25) is 5.91 Å². The molecule has 1 aliphatic rings. The number of rotatable bonds is 9. The number of guanidine groups is 1. The summed E-state index contributed by atoms with van der Waals surface area (Å²) >= 11 is 0. The summed E-state index contributed by atoms with van der Waals surface area (Å²) < 4.78 is 2.05. The SMILES string of the molecule is CCNC(=NCc1cccc(NC(=O)C2CCCCC2)c1)NCCn1cnnc1CC.I. The maximum atomic E-state index is 12.5. The first-order valence-electron chi connectivity index (χ1n) is 11.5. The molecule has 2 aromatic rings. The molecule has 0 unspecified atom stereocenters. The van der Waals surface area contributed by atoms with E-state index in [1.807, 2.05) is 31.2 Å². The molecule has 0 aliphatic heterocycles. The van der Waals surface area contributed by atoms with E-state index in [-0.39, 0.29) is 35.8 Å². The Hall–Kier alpha value is -2.17. The van der Waals surface area contributed by atoms with Crippen LogP contribution in [0.1, 0.15) is 57.3 Å². The fourth-order valence-corrected chi connectivity index (χ4v) is 3.90. The second kappa shape index (κ2) is 14.1. The Labute approximate surface area is 208 Å². The minimum Gasteiger partial charge on any atom is -0.357 e. The van der Waals surface area contributed by atoms with Crippen molar-refractivity contribution in [1.29, 1.82) is 0 Å². The highest BCUT2D eigenvalue weighted by molar-refractivity contribution is 14.0. The van der Waals surface area contributed by atoms with Crippen molar-refractivity contribution in [2.24, 2.45) is 10.9 Å². The predicted molar refractivity (Wildman–Crippen MR) is 139 cm³/mol. The molecule has 1 amide bonds. The van der Waals surface area contributed by atoms with Gasteiger partial charge >= 0.3 is 0 Å². The van der Waals surface area contributed by atoms with Crippen LogP contribution in [-0.2, 0) is 24.3 Å². The first-order chi connectivity index (χ1) is 15.2. The molecular formula is C23H36IN7O. The van der Waals surface area contributed by atoms with Crippen LogP contribution < -0.4 is 16.0 Å². The van der Waals surface area contributed by atoms with Crippen LogP contribution in [0.3, 0.4) is 0 Å². The third kappa shape index (κ3) is 8.07. The number of anilines is 1.